The molecule has 0 bridgehead atoms. The van der Waals surface area contributed by atoms with E-state index in [0.717, 1.165) is 11.1 Å². The van der Waals surface area contributed by atoms with Crippen molar-refractivity contribution in [3.05, 3.63) is 47.5 Å². The molecule has 1 aromatic carbocycles. The molecule has 3 heteroatoms. The van der Waals surface area contributed by atoms with Crippen molar-refractivity contribution < 1.29 is 9.90 Å². The molecule has 0 spiro atoms. The van der Waals surface area contributed by atoms with Crippen LogP contribution in [0.4, 0.5) is 0 Å². The van der Waals surface area contributed by atoms with Crippen molar-refractivity contribution in [1.82, 2.24) is 0 Å². The first kappa shape index (κ1) is 11.5. The second-order valence-electron chi connectivity index (χ2n) is 3.54. The van der Waals surface area contributed by atoms with Gasteiger partial charge in [0.05, 0.1) is 6.61 Å². The van der Waals surface area contributed by atoms with Crippen LogP contribution >= 0.6 is 0 Å². The number of nitrogens with two attached hydrogens (primary N) is 1. The smallest absolute Gasteiger partial charge is 0.244 e. The average molecular weight is 205 g/mol. The predicted molar refractivity (Wildman–Crippen MR) is 59.3 cm³/mol. The lowest BCUT2D eigenvalue weighted by atomic mass is 9.91. The molecular formula is C12H15NO2. The number of rotatable bonds is 4. The van der Waals surface area contributed by atoms with Gasteiger partial charge in [-0.05, 0) is 12.5 Å². The highest BCUT2D eigenvalue weighted by Gasteiger charge is 2.17. The van der Waals surface area contributed by atoms with Gasteiger partial charge in [0, 0.05) is 11.5 Å². The standard InChI is InChI=1S/C12H15NO2/c1-8-4-3-5-10(6-8)11(7-14)9(2)12(13)15/h3-6,11,14H,2,7H2,1H3,(H2,13,15)/t11-/m1/s1. The minimum Gasteiger partial charge on any atom is -0.395 e. The summed E-state index contributed by atoms with van der Waals surface area (Å²) in [7, 11) is 0. The zero-order chi connectivity index (χ0) is 11.4. The Morgan fingerprint density at radius 2 is 2.27 bits per heavy atom. The van der Waals surface area contributed by atoms with Crippen LogP contribution < -0.4 is 5.73 Å². The summed E-state index contributed by atoms with van der Waals surface area (Å²) in [5.74, 6) is -0.974. The Morgan fingerprint density at radius 3 is 2.73 bits per heavy atom. The summed E-state index contributed by atoms with van der Waals surface area (Å²) < 4.78 is 0. The van der Waals surface area contributed by atoms with Crippen molar-refractivity contribution >= 4 is 5.91 Å². The minimum atomic E-state index is -0.574. The summed E-state index contributed by atoms with van der Waals surface area (Å²) in [6, 6.07) is 7.59. The van der Waals surface area contributed by atoms with Crippen LogP contribution in [0.2, 0.25) is 0 Å². The first-order valence-electron chi connectivity index (χ1n) is 4.72. The fraction of sp³-hybridized carbons (Fsp3) is 0.250. The highest BCUT2D eigenvalue weighted by Crippen LogP contribution is 2.23. The Hall–Kier alpha value is -1.61. The molecule has 15 heavy (non-hydrogen) atoms. The van der Waals surface area contributed by atoms with E-state index in [1.165, 1.54) is 0 Å². The SMILES string of the molecule is C=C(C(N)=O)[C@@H](CO)c1cccc(C)c1. The topological polar surface area (TPSA) is 63.3 Å². The van der Waals surface area contributed by atoms with Gasteiger partial charge in [-0.15, -0.1) is 0 Å². The first-order valence-corrected chi connectivity index (χ1v) is 4.72. The molecule has 1 atom stereocenters. The van der Waals surface area contributed by atoms with Crippen LogP contribution in [0.25, 0.3) is 0 Å². The van der Waals surface area contributed by atoms with E-state index in [4.69, 9.17) is 5.73 Å². The Balaban J connectivity index is 3.02. The second-order valence-corrected chi connectivity index (χ2v) is 3.54. The van der Waals surface area contributed by atoms with E-state index in [2.05, 4.69) is 6.58 Å². The van der Waals surface area contributed by atoms with Gasteiger partial charge in [-0.3, -0.25) is 4.79 Å². The first-order chi connectivity index (χ1) is 7.06. The molecule has 3 nitrogen and oxygen atoms in total. The number of hydrogen-bond acceptors (Lipinski definition) is 2. The summed E-state index contributed by atoms with van der Waals surface area (Å²) in [6.07, 6.45) is 0. The number of aliphatic hydroxyl groups excluding tert-OH is 1. The van der Waals surface area contributed by atoms with Crippen LogP contribution in [0.5, 0.6) is 0 Å². The highest BCUT2D eigenvalue weighted by molar-refractivity contribution is 5.92. The Kier molecular flexibility index (Phi) is 3.63. The van der Waals surface area contributed by atoms with Gasteiger partial charge in [-0.2, -0.15) is 0 Å². The zero-order valence-corrected chi connectivity index (χ0v) is 8.73. The van der Waals surface area contributed by atoms with E-state index in [1.54, 1.807) is 0 Å². The van der Waals surface area contributed by atoms with Gasteiger partial charge in [0.1, 0.15) is 0 Å². The number of carbonyl (C=O) groups excluding carboxylic acids is 1. The van der Waals surface area contributed by atoms with Crippen molar-refractivity contribution in [2.45, 2.75) is 12.8 Å². The second kappa shape index (κ2) is 4.75. The van der Waals surface area contributed by atoms with Crippen molar-refractivity contribution in [2.24, 2.45) is 5.73 Å². The molecule has 0 fully saturated rings. The van der Waals surface area contributed by atoms with Gasteiger partial charge in [0.2, 0.25) is 5.91 Å². The van der Waals surface area contributed by atoms with Crippen LogP contribution in [0.1, 0.15) is 17.0 Å². The van der Waals surface area contributed by atoms with E-state index >= 15 is 0 Å². The van der Waals surface area contributed by atoms with Crippen molar-refractivity contribution in [3.8, 4) is 0 Å². The third-order valence-corrected chi connectivity index (χ3v) is 2.36. The van der Waals surface area contributed by atoms with Crippen molar-refractivity contribution in [2.75, 3.05) is 6.61 Å². The Bertz CT molecular complexity index is 385. The summed E-state index contributed by atoms with van der Waals surface area (Å²) in [6.45, 7) is 5.38. The molecule has 0 saturated carbocycles. The molecule has 0 aliphatic heterocycles. The number of aliphatic hydroxyl groups is 1. The lowest BCUT2D eigenvalue weighted by molar-refractivity contribution is -0.114. The average Bonchev–Trinajstić information content (AvgIpc) is 2.18. The fourth-order valence-corrected chi connectivity index (χ4v) is 1.48. The van der Waals surface area contributed by atoms with Crippen LogP contribution in [-0.2, 0) is 4.79 Å². The number of amides is 1. The van der Waals surface area contributed by atoms with E-state index in [-0.39, 0.29) is 12.2 Å². The van der Waals surface area contributed by atoms with Crippen LogP contribution in [0, 0.1) is 6.92 Å². The molecule has 0 radical (unpaired) electrons. The molecule has 0 saturated heterocycles. The summed E-state index contributed by atoms with van der Waals surface area (Å²) in [5, 5.41) is 9.22. The largest absolute Gasteiger partial charge is 0.395 e. The van der Waals surface area contributed by atoms with Gasteiger partial charge < -0.3 is 10.8 Å². The Morgan fingerprint density at radius 1 is 1.60 bits per heavy atom. The molecule has 1 rings (SSSR count). The third-order valence-electron chi connectivity index (χ3n) is 2.36. The molecule has 80 valence electrons. The quantitative estimate of drug-likeness (QED) is 0.723. The number of benzene rings is 1. The molecule has 1 aromatic rings. The number of hydrogen-bond donors (Lipinski definition) is 2. The molecule has 0 unspecified atom stereocenters. The molecular weight excluding hydrogens is 190 g/mol. The van der Waals surface area contributed by atoms with Gasteiger partial charge in [0.25, 0.3) is 0 Å². The van der Waals surface area contributed by atoms with E-state index in [1.807, 2.05) is 31.2 Å². The van der Waals surface area contributed by atoms with Crippen LogP contribution in [0.3, 0.4) is 0 Å². The zero-order valence-electron chi connectivity index (χ0n) is 8.73. The summed E-state index contributed by atoms with van der Waals surface area (Å²) >= 11 is 0. The fourth-order valence-electron chi connectivity index (χ4n) is 1.48. The van der Waals surface area contributed by atoms with Gasteiger partial charge in [-0.1, -0.05) is 36.4 Å². The van der Waals surface area contributed by atoms with Crippen molar-refractivity contribution in [3.63, 3.8) is 0 Å². The van der Waals surface area contributed by atoms with Crippen molar-refractivity contribution in [1.29, 1.82) is 0 Å². The molecule has 0 aromatic heterocycles. The molecule has 0 aliphatic carbocycles. The number of aryl methyl sites for hydroxylation is 1. The maximum absolute atomic E-state index is 11.0. The minimum absolute atomic E-state index is 0.161. The van der Waals surface area contributed by atoms with E-state index in [0.29, 0.717) is 0 Å². The predicted octanol–water partition coefficient (Wildman–Crippen LogP) is 1.11. The maximum Gasteiger partial charge on any atom is 0.244 e. The monoisotopic (exact) mass is 205 g/mol. The van der Waals surface area contributed by atoms with Crippen LogP contribution in [-0.4, -0.2) is 17.6 Å². The summed E-state index contributed by atoms with van der Waals surface area (Å²) in [5.41, 5.74) is 7.31. The molecule has 3 N–H and O–H groups in total. The van der Waals surface area contributed by atoms with Crippen LogP contribution in [0.15, 0.2) is 36.4 Å². The third kappa shape index (κ3) is 2.67. The van der Waals surface area contributed by atoms with E-state index < -0.39 is 11.8 Å². The Labute approximate surface area is 89.2 Å². The lowest BCUT2D eigenvalue weighted by Crippen LogP contribution is -2.20. The molecule has 1 amide bonds. The maximum atomic E-state index is 11.0. The van der Waals surface area contributed by atoms with Gasteiger partial charge in [0.15, 0.2) is 0 Å². The number of carbonyl (C=O) groups is 1. The van der Waals surface area contributed by atoms with Gasteiger partial charge in [-0.25, -0.2) is 0 Å². The highest BCUT2D eigenvalue weighted by atomic mass is 16.3. The molecule has 0 aliphatic rings. The van der Waals surface area contributed by atoms with Gasteiger partial charge >= 0.3 is 0 Å². The molecule has 0 heterocycles. The normalized spacial score (nSPS) is 12.1. The lowest BCUT2D eigenvalue weighted by Gasteiger charge is -2.15. The van der Waals surface area contributed by atoms with E-state index in [9.17, 15) is 9.90 Å². The number of primary amides is 1. The summed E-state index contributed by atoms with van der Waals surface area (Å²) in [4.78, 5) is 11.0.